The highest BCUT2D eigenvalue weighted by atomic mass is 16.7. The van der Waals surface area contributed by atoms with Crippen molar-refractivity contribution in [2.75, 3.05) is 20.8 Å². The summed E-state index contributed by atoms with van der Waals surface area (Å²) < 4.78 is 14.2. The molecule has 0 saturated carbocycles. The number of cyclic esters (lactones) is 1. The van der Waals surface area contributed by atoms with Gasteiger partial charge in [-0.2, -0.15) is 0 Å². The number of carbonyl (C=O) groups excluding carboxylic acids is 3. The van der Waals surface area contributed by atoms with Crippen LogP contribution >= 0.6 is 0 Å². The van der Waals surface area contributed by atoms with Gasteiger partial charge in [-0.3, -0.25) is 0 Å². The topological polar surface area (TPSA) is 91.4 Å². The molecule has 0 N–H and O–H groups in total. The van der Waals surface area contributed by atoms with Gasteiger partial charge >= 0.3 is 17.9 Å². The Morgan fingerprint density at radius 3 is 2.45 bits per heavy atom. The maximum absolute atomic E-state index is 12.1. The zero-order valence-electron chi connectivity index (χ0n) is 11.6. The van der Waals surface area contributed by atoms with Crippen molar-refractivity contribution in [1.82, 2.24) is 5.06 Å². The van der Waals surface area contributed by atoms with Crippen LogP contribution in [0.4, 0.5) is 0 Å². The average molecular weight is 285 g/mol. The summed E-state index contributed by atoms with van der Waals surface area (Å²) in [6, 6.07) is -0.334. The van der Waals surface area contributed by atoms with Crippen LogP contribution in [0.1, 0.15) is 13.8 Å². The van der Waals surface area contributed by atoms with Gasteiger partial charge in [-0.25, -0.2) is 14.4 Å². The van der Waals surface area contributed by atoms with E-state index >= 15 is 0 Å². The third-order valence-corrected chi connectivity index (χ3v) is 3.36. The van der Waals surface area contributed by atoms with Crippen molar-refractivity contribution < 1.29 is 33.4 Å². The number of esters is 3. The van der Waals surface area contributed by atoms with Crippen molar-refractivity contribution in [2.45, 2.75) is 25.4 Å². The summed E-state index contributed by atoms with van der Waals surface area (Å²) >= 11 is 0. The van der Waals surface area contributed by atoms with Gasteiger partial charge in [0.2, 0.25) is 5.76 Å². The van der Waals surface area contributed by atoms with E-state index in [1.165, 1.54) is 12.0 Å². The highest BCUT2D eigenvalue weighted by Crippen LogP contribution is 2.41. The molecule has 2 heterocycles. The van der Waals surface area contributed by atoms with Crippen molar-refractivity contribution >= 4 is 17.9 Å². The third-order valence-electron chi connectivity index (χ3n) is 3.36. The van der Waals surface area contributed by atoms with Crippen LogP contribution in [0.15, 0.2) is 11.3 Å². The van der Waals surface area contributed by atoms with Crippen molar-refractivity contribution in [3.8, 4) is 0 Å². The van der Waals surface area contributed by atoms with E-state index < -0.39 is 23.4 Å². The van der Waals surface area contributed by atoms with Crippen molar-refractivity contribution in [2.24, 2.45) is 0 Å². The lowest BCUT2D eigenvalue weighted by molar-refractivity contribution is -0.228. The van der Waals surface area contributed by atoms with Gasteiger partial charge in [0.1, 0.15) is 12.2 Å². The van der Waals surface area contributed by atoms with Gasteiger partial charge in [-0.15, -0.1) is 5.06 Å². The van der Waals surface area contributed by atoms with Gasteiger partial charge in [0.25, 0.3) is 0 Å². The first-order valence-corrected chi connectivity index (χ1v) is 5.93. The highest BCUT2D eigenvalue weighted by molar-refractivity contribution is 6.07. The van der Waals surface area contributed by atoms with E-state index in [4.69, 9.17) is 9.57 Å². The molecule has 0 aliphatic carbocycles. The second-order valence-corrected chi connectivity index (χ2v) is 4.62. The number of morpholine rings is 1. The second-order valence-electron chi connectivity index (χ2n) is 4.62. The first-order valence-electron chi connectivity index (χ1n) is 5.93. The molecule has 0 bridgehead atoms. The molecule has 1 saturated heterocycles. The minimum atomic E-state index is -1.53. The lowest BCUT2D eigenvalue weighted by Crippen LogP contribution is -2.60. The largest absolute Gasteiger partial charge is 0.465 e. The molecule has 2 rings (SSSR count). The molecular formula is C12H15NO7. The second kappa shape index (κ2) is 4.78. The number of rotatable bonds is 2. The van der Waals surface area contributed by atoms with Gasteiger partial charge in [-0.05, 0) is 13.8 Å². The molecule has 110 valence electrons. The summed E-state index contributed by atoms with van der Waals surface area (Å²) in [5.41, 5.74) is -1.75. The van der Waals surface area contributed by atoms with Crippen molar-refractivity contribution in [1.29, 1.82) is 0 Å². The number of hydroxylamine groups is 2. The summed E-state index contributed by atoms with van der Waals surface area (Å²) in [4.78, 5) is 41.2. The molecule has 0 amide bonds. The van der Waals surface area contributed by atoms with E-state index in [-0.39, 0.29) is 24.0 Å². The van der Waals surface area contributed by atoms with E-state index in [0.29, 0.717) is 0 Å². The molecule has 2 atom stereocenters. The molecule has 0 spiro atoms. The van der Waals surface area contributed by atoms with Crippen LogP contribution in [0.5, 0.6) is 0 Å². The normalized spacial score (nSPS) is 29.4. The molecule has 0 aromatic heterocycles. The summed E-state index contributed by atoms with van der Waals surface area (Å²) in [5.74, 6) is -2.75. The quantitative estimate of drug-likeness (QED) is 0.497. The van der Waals surface area contributed by atoms with E-state index in [1.54, 1.807) is 6.92 Å². The zero-order valence-corrected chi connectivity index (χ0v) is 11.6. The van der Waals surface area contributed by atoms with Crippen LogP contribution in [0.3, 0.4) is 0 Å². The van der Waals surface area contributed by atoms with Crippen LogP contribution in [0, 0.1) is 0 Å². The zero-order chi connectivity index (χ0) is 15.1. The van der Waals surface area contributed by atoms with Crippen LogP contribution in [0.25, 0.3) is 0 Å². The Morgan fingerprint density at radius 2 is 1.90 bits per heavy atom. The fourth-order valence-corrected chi connectivity index (χ4v) is 2.32. The molecule has 2 aliphatic heterocycles. The van der Waals surface area contributed by atoms with E-state index in [2.05, 4.69) is 9.47 Å². The Hall–Kier alpha value is -2.09. The maximum atomic E-state index is 12.1. The fourth-order valence-electron chi connectivity index (χ4n) is 2.32. The number of nitrogens with zero attached hydrogens (tertiary/aromatic N) is 1. The predicted octanol–water partition coefficient (Wildman–Crippen LogP) is -0.462. The summed E-state index contributed by atoms with van der Waals surface area (Å²) in [6.07, 6.45) is 0. The van der Waals surface area contributed by atoms with Gasteiger partial charge in [0.05, 0.1) is 20.3 Å². The SMILES string of the molecule is COC(=O)C1=C(C(=O)OC)[C@@]2(C)C(=O)OC[C@H](C)N2O1. The number of ether oxygens (including phenoxy) is 3. The van der Waals surface area contributed by atoms with Crippen LogP contribution in [-0.2, 0) is 33.4 Å². The standard InChI is InChI=1S/C12H15NO7/c1-6-5-19-11(16)12(2)7(9(14)17-3)8(10(15)18-4)20-13(6)12/h6H,5H2,1-4H3/t6-,12-/m0/s1. The van der Waals surface area contributed by atoms with Crippen molar-refractivity contribution in [3.05, 3.63) is 11.3 Å². The molecular weight excluding hydrogens is 270 g/mol. The molecule has 8 heteroatoms. The Kier molecular flexibility index (Phi) is 3.43. The number of hydrogen-bond acceptors (Lipinski definition) is 8. The van der Waals surface area contributed by atoms with Gasteiger partial charge < -0.3 is 19.0 Å². The van der Waals surface area contributed by atoms with Crippen LogP contribution < -0.4 is 0 Å². The number of hydrogen-bond donors (Lipinski definition) is 0. The van der Waals surface area contributed by atoms with E-state index in [0.717, 1.165) is 14.2 Å². The first kappa shape index (κ1) is 14.3. The number of carbonyl (C=O) groups is 3. The maximum Gasteiger partial charge on any atom is 0.376 e. The lowest BCUT2D eigenvalue weighted by atomic mass is 9.89. The fraction of sp³-hybridized carbons (Fsp3) is 0.583. The molecule has 2 aliphatic rings. The lowest BCUT2D eigenvalue weighted by Gasteiger charge is -2.39. The van der Waals surface area contributed by atoms with Crippen LogP contribution in [0.2, 0.25) is 0 Å². The monoisotopic (exact) mass is 285 g/mol. The van der Waals surface area contributed by atoms with E-state index in [9.17, 15) is 14.4 Å². The van der Waals surface area contributed by atoms with Gasteiger partial charge in [0, 0.05) is 0 Å². The van der Waals surface area contributed by atoms with Crippen molar-refractivity contribution in [3.63, 3.8) is 0 Å². The first-order chi connectivity index (χ1) is 9.37. The molecule has 0 unspecified atom stereocenters. The molecule has 0 aromatic carbocycles. The smallest absolute Gasteiger partial charge is 0.376 e. The predicted molar refractivity (Wildman–Crippen MR) is 62.8 cm³/mol. The Bertz CT molecular complexity index is 512. The highest BCUT2D eigenvalue weighted by Gasteiger charge is 2.61. The minimum Gasteiger partial charge on any atom is -0.465 e. The molecule has 20 heavy (non-hydrogen) atoms. The third kappa shape index (κ3) is 1.75. The summed E-state index contributed by atoms with van der Waals surface area (Å²) in [5, 5.41) is 1.26. The minimum absolute atomic E-state index is 0.0946. The van der Waals surface area contributed by atoms with Gasteiger partial charge in [-0.1, -0.05) is 0 Å². The number of methoxy groups -OCH3 is 2. The Balaban J connectivity index is 2.59. The molecule has 1 fully saturated rings. The van der Waals surface area contributed by atoms with Gasteiger partial charge in [0.15, 0.2) is 5.54 Å². The molecule has 0 radical (unpaired) electrons. The Labute approximate surface area is 115 Å². The number of fused-ring (bicyclic) bond motifs is 1. The summed E-state index contributed by atoms with van der Waals surface area (Å²) in [7, 11) is 2.29. The van der Waals surface area contributed by atoms with Crippen LogP contribution in [-0.4, -0.2) is 55.4 Å². The molecule has 0 aromatic rings. The molecule has 8 nitrogen and oxygen atoms in total. The average Bonchev–Trinajstić information content (AvgIpc) is 2.77. The van der Waals surface area contributed by atoms with E-state index in [1.807, 2.05) is 0 Å². The Morgan fingerprint density at radius 1 is 1.30 bits per heavy atom. The summed E-state index contributed by atoms with van der Waals surface area (Å²) in [6.45, 7) is 3.27.